The van der Waals surface area contributed by atoms with Gasteiger partial charge in [-0.1, -0.05) is 12.1 Å². The molecule has 0 saturated heterocycles. The van der Waals surface area contributed by atoms with Crippen LogP contribution in [0.4, 0.5) is 5.82 Å². The van der Waals surface area contributed by atoms with Crippen molar-refractivity contribution in [3.63, 3.8) is 0 Å². The van der Waals surface area contributed by atoms with Gasteiger partial charge in [-0.25, -0.2) is 4.68 Å². The number of anilines is 1. The maximum atomic E-state index is 9.41. The van der Waals surface area contributed by atoms with Crippen LogP contribution in [0.1, 0.15) is 17.5 Å². The minimum Gasteiger partial charge on any atom is -0.508 e. The van der Waals surface area contributed by atoms with E-state index in [1.807, 2.05) is 6.07 Å². The quantitative estimate of drug-likeness (QED) is 0.737. The van der Waals surface area contributed by atoms with Gasteiger partial charge in [-0.2, -0.15) is 5.10 Å². The van der Waals surface area contributed by atoms with Gasteiger partial charge in [0, 0.05) is 5.56 Å². The second-order valence-electron chi connectivity index (χ2n) is 4.27. The molecule has 1 aromatic carbocycles. The second-order valence-corrected chi connectivity index (χ2v) is 4.27. The molecule has 1 aromatic heterocycles. The smallest absolute Gasteiger partial charge is 0.125 e. The summed E-state index contributed by atoms with van der Waals surface area (Å²) in [4.78, 5) is 0. The Morgan fingerprint density at radius 1 is 1.33 bits per heavy atom. The number of aryl methyl sites for hydroxylation is 1. The number of benzene rings is 1. The van der Waals surface area contributed by atoms with Crippen molar-refractivity contribution in [3.05, 3.63) is 41.6 Å². The molecule has 0 spiro atoms. The lowest BCUT2D eigenvalue weighted by Gasteiger charge is -2.06. The zero-order valence-electron chi connectivity index (χ0n) is 10.2. The highest BCUT2D eigenvalue weighted by molar-refractivity contribution is 5.39. The summed E-state index contributed by atoms with van der Waals surface area (Å²) in [6.45, 7) is 1.21. The molecule has 2 rings (SSSR count). The first kappa shape index (κ1) is 12.4. The highest BCUT2D eigenvalue weighted by Crippen LogP contribution is 2.17. The molecule has 0 aliphatic rings. The highest BCUT2D eigenvalue weighted by Gasteiger charge is 2.07. The maximum Gasteiger partial charge on any atom is 0.125 e. The van der Waals surface area contributed by atoms with Gasteiger partial charge in [-0.3, -0.25) is 0 Å². The van der Waals surface area contributed by atoms with Gasteiger partial charge in [-0.05, 0) is 37.1 Å². The molecule has 1 heterocycles. The molecule has 0 aliphatic carbocycles. The number of phenolic OH excluding ortho intramolecular Hbond substituents is 1. The Morgan fingerprint density at radius 3 is 2.89 bits per heavy atom. The zero-order valence-corrected chi connectivity index (χ0v) is 10.2. The lowest BCUT2D eigenvalue weighted by Crippen LogP contribution is -2.07. The van der Waals surface area contributed by atoms with Crippen molar-refractivity contribution in [3.8, 4) is 5.75 Å². The molecule has 2 aromatic rings. The lowest BCUT2D eigenvalue weighted by atomic mass is 10.2. The van der Waals surface area contributed by atoms with Crippen LogP contribution in [0.15, 0.2) is 30.5 Å². The number of nitrogens with two attached hydrogens (primary N) is 2. The predicted molar refractivity (Wildman–Crippen MR) is 71.2 cm³/mol. The Kier molecular flexibility index (Phi) is 3.84. The largest absolute Gasteiger partial charge is 0.508 e. The van der Waals surface area contributed by atoms with E-state index in [2.05, 4.69) is 5.10 Å². The van der Waals surface area contributed by atoms with Crippen molar-refractivity contribution >= 4 is 5.82 Å². The van der Waals surface area contributed by atoms with E-state index >= 15 is 0 Å². The van der Waals surface area contributed by atoms with Crippen molar-refractivity contribution in [2.24, 2.45) is 5.73 Å². The summed E-state index contributed by atoms with van der Waals surface area (Å²) in [5.74, 6) is 0.924. The van der Waals surface area contributed by atoms with E-state index in [1.165, 1.54) is 0 Å². The predicted octanol–water partition coefficient (Wildman–Crippen LogP) is 1.11. The Morgan fingerprint density at radius 2 is 2.17 bits per heavy atom. The maximum absolute atomic E-state index is 9.41. The van der Waals surface area contributed by atoms with Crippen LogP contribution in [-0.4, -0.2) is 21.4 Å². The first-order valence-corrected chi connectivity index (χ1v) is 5.99. The highest BCUT2D eigenvalue weighted by atomic mass is 16.3. The SMILES string of the molecule is NCCCc1cnn(Cc2cccc(O)c2)c1N. The molecule has 0 amide bonds. The molecule has 0 unspecified atom stereocenters. The molecule has 5 N–H and O–H groups in total. The zero-order chi connectivity index (χ0) is 13.0. The second kappa shape index (κ2) is 5.55. The molecule has 18 heavy (non-hydrogen) atoms. The van der Waals surface area contributed by atoms with Gasteiger partial charge < -0.3 is 16.6 Å². The summed E-state index contributed by atoms with van der Waals surface area (Å²) >= 11 is 0. The van der Waals surface area contributed by atoms with Crippen LogP contribution in [0.3, 0.4) is 0 Å². The van der Waals surface area contributed by atoms with Crippen molar-refractivity contribution in [1.29, 1.82) is 0 Å². The fraction of sp³-hybridized carbons (Fsp3) is 0.308. The van der Waals surface area contributed by atoms with Gasteiger partial charge in [0.1, 0.15) is 11.6 Å². The summed E-state index contributed by atoms with van der Waals surface area (Å²) in [6, 6.07) is 7.09. The summed E-state index contributed by atoms with van der Waals surface area (Å²) in [5.41, 5.74) is 13.5. The van der Waals surface area contributed by atoms with Gasteiger partial charge in [-0.15, -0.1) is 0 Å². The summed E-state index contributed by atoms with van der Waals surface area (Å²) < 4.78 is 1.74. The standard InChI is InChI=1S/C13H18N4O/c14-6-2-4-11-8-16-17(13(11)15)9-10-3-1-5-12(18)7-10/h1,3,5,7-8,18H,2,4,6,9,14-15H2. The van der Waals surface area contributed by atoms with Gasteiger partial charge >= 0.3 is 0 Å². The number of hydrogen-bond donors (Lipinski definition) is 3. The molecular weight excluding hydrogens is 228 g/mol. The molecule has 0 fully saturated rings. The average molecular weight is 246 g/mol. The van der Waals surface area contributed by atoms with Crippen molar-refractivity contribution in [2.75, 3.05) is 12.3 Å². The van der Waals surface area contributed by atoms with Crippen molar-refractivity contribution in [1.82, 2.24) is 9.78 Å². The normalized spacial score (nSPS) is 10.7. The minimum absolute atomic E-state index is 0.251. The third-order valence-electron chi connectivity index (χ3n) is 2.85. The van der Waals surface area contributed by atoms with Gasteiger partial charge in [0.2, 0.25) is 0 Å². The van der Waals surface area contributed by atoms with E-state index in [0.29, 0.717) is 18.9 Å². The van der Waals surface area contributed by atoms with Crippen LogP contribution in [0, 0.1) is 0 Å². The third kappa shape index (κ3) is 2.81. The number of nitrogen functional groups attached to an aromatic ring is 1. The van der Waals surface area contributed by atoms with Gasteiger partial charge in [0.15, 0.2) is 0 Å². The van der Waals surface area contributed by atoms with Crippen LogP contribution in [0.2, 0.25) is 0 Å². The fourth-order valence-corrected chi connectivity index (χ4v) is 1.87. The Hall–Kier alpha value is -2.01. The van der Waals surface area contributed by atoms with E-state index in [-0.39, 0.29) is 5.75 Å². The fourth-order valence-electron chi connectivity index (χ4n) is 1.87. The van der Waals surface area contributed by atoms with E-state index in [1.54, 1.807) is 29.1 Å². The Bertz CT molecular complexity index is 521. The molecule has 0 bridgehead atoms. The van der Waals surface area contributed by atoms with Crippen molar-refractivity contribution < 1.29 is 5.11 Å². The first-order chi connectivity index (χ1) is 8.70. The average Bonchev–Trinajstić information content (AvgIpc) is 2.69. The molecule has 5 heteroatoms. The molecule has 0 atom stereocenters. The van der Waals surface area contributed by atoms with Gasteiger partial charge in [0.05, 0.1) is 12.7 Å². The van der Waals surface area contributed by atoms with Crippen LogP contribution in [-0.2, 0) is 13.0 Å². The first-order valence-electron chi connectivity index (χ1n) is 5.99. The van der Waals surface area contributed by atoms with Crippen LogP contribution in [0.25, 0.3) is 0 Å². The topological polar surface area (TPSA) is 90.1 Å². The number of phenols is 1. The van der Waals surface area contributed by atoms with E-state index in [9.17, 15) is 5.11 Å². The summed E-state index contributed by atoms with van der Waals surface area (Å²) in [6.07, 6.45) is 3.54. The summed E-state index contributed by atoms with van der Waals surface area (Å²) in [5, 5.41) is 13.7. The molecular formula is C13H18N4O. The number of aromatic nitrogens is 2. The van der Waals surface area contributed by atoms with Crippen LogP contribution < -0.4 is 11.5 Å². The Labute approximate surface area is 106 Å². The lowest BCUT2D eigenvalue weighted by molar-refractivity contribution is 0.474. The monoisotopic (exact) mass is 246 g/mol. The number of nitrogens with zero attached hydrogens (tertiary/aromatic N) is 2. The number of rotatable bonds is 5. The van der Waals surface area contributed by atoms with E-state index < -0.39 is 0 Å². The number of aromatic hydroxyl groups is 1. The number of hydrogen-bond acceptors (Lipinski definition) is 4. The summed E-state index contributed by atoms with van der Waals surface area (Å²) in [7, 11) is 0. The van der Waals surface area contributed by atoms with Crippen LogP contribution >= 0.6 is 0 Å². The van der Waals surface area contributed by atoms with Gasteiger partial charge in [0.25, 0.3) is 0 Å². The van der Waals surface area contributed by atoms with E-state index in [0.717, 1.165) is 24.0 Å². The molecule has 0 saturated carbocycles. The minimum atomic E-state index is 0.251. The molecule has 0 radical (unpaired) electrons. The molecule has 5 nitrogen and oxygen atoms in total. The van der Waals surface area contributed by atoms with Crippen molar-refractivity contribution in [2.45, 2.75) is 19.4 Å². The third-order valence-corrected chi connectivity index (χ3v) is 2.85. The Balaban J connectivity index is 2.12. The van der Waals surface area contributed by atoms with E-state index in [4.69, 9.17) is 11.5 Å². The molecule has 0 aliphatic heterocycles. The van der Waals surface area contributed by atoms with Crippen LogP contribution in [0.5, 0.6) is 5.75 Å². The molecule has 96 valence electrons.